The third-order valence-corrected chi connectivity index (χ3v) is 5.62. The Morgan fingerprint density at radius 3 is 2.31 bits per heavy atom. The molecule has 29 heavy (non-hydrogen) atoms. The highest BCUT2D eigenvalue weighted by atomic mass is 32.2. The maximum atomic E-state index is 12.0. The van der Waals surface area contributed by atoms with Crippen molar-refractivity contribution in [2.24, 2.45) is 0 Å². The zero-order valence-corrected chi connectivity index (χ0v) is 18.1. The van der Waals surface area contributed by atoms with E-state index >= 15 is 0 Å². The van der Waals surface area contributed by atoms with E-state index in [0.29, 0.717) is 16.9 Å². The molecule has 3 rings (SSSR count). The Hall–Kier alpha value is -2.80. The minimum absolute atomic E-state index is 0.298. The van der Waals surface area contributed by atoms with Crippen LogP contribution in [0, 0.1) is 0 Å². The Labute approximate surface area is 175 Å². The number of nitrogens with zero attached hydrogens (tertiary/aromatic N) is 3. The summed E-state index contributed by atoms with van der Waals surface area (Å²) in [5.74, 6) is 1.50. The van der Waals surface area contributed by atoms with Crippen LogP contribution in [0.25, 0.3) is 17.1 Å². The Morgan fingerprint density at radius 2 is 1.69 bits per heavy atom. The number of hydrogen-bond acceptors (Lipinski definition) is 6. The summed E-state index contributed by atoms with van der Waals surface area (Å²) in [5.41, 5.74) is 3.09. The van der Waals surface area contributed by atoms with Gasteiger partial charge >= 0.3 is 5.97 Å². The topological polar surface area (TPSA) is 66.2 Å². The van der Waals surface area contributed by atoms with Crippen LogP contribution in [0.1, 0.15) is 32.3 Å². The molecule has 0 aliphatic rings. The molecule has 0 amide bonds. The zero-order valence-electron chi connectivity index (χ0n) is 17.2. The van der Waals surface area contributed by atoms with Gasteiger partial charge in [0.05, 0.1) is 19.9 Å². The second kappa shape index (κ2) is 9.13. The highest BCUT2D eigenvalue weighted by Crippen LogP contribution is 2.34. The van der Waals surface area contributed by atoms with Gasteiger partial charge in [0.1, 0.15) is 11.0 Å². The fourth-order valence-corrected chi connectivity index (χ4v) is 3.93. The highest BCUT2D eigenvalue weighted by molar-refractivity contribution is 8.00. The van der Waals surface area contributed by atoms with Gasteiger partial charge in [0, 0.05) is 5.56 Å². The fraction of sp³-hybridized carbons (Fsp3) is 0.318. The lowest BCUT2D eigenvalue weighted by molar-refractivity contribution is -0.139. The molecule has 0 unspecified atom stereocenters. The molecule has 0 spiro atoms. The van der Waals surface area contributed by atoms with E-state index in [4.69, 9.17) is 9.47 Å². The summed E-state index contributed by atoms with van der Waals surface area (Å²) in [6.45, 7) is 6.11. The van der Waals surface area contributed by atoms with Crippen LogP contribution >= 0.6 is 11.8 Å². The minimum Gasteiger partial charge on any atom is -0.497 e. The van der Waals surface area contributed by atoms with E-state index in [1.807, 2.05) is 41.0 Å². The number of esters is 1. The average Bonchev–Trinajstić information content (AvgIpc) is 3.16. The van der Waals surface area contributed by atoms with Crippen molar-refractivity contribution in [2.75, 3.05) is 14.2 Å². The molecular formula is C22H25N3O3S. The van der Waals surface area contributed by atoms with Crippen molar-refractivity contribution in [1.29, 1.82) is 0 Å². The van der Waals surface area contributed by atoms with Crippen molar-refractivity contribution in [3.05, 3.63) is 54.1 Å². The first-order valence-electron chi connectivity index (χ1n) is 9.39. The van der Waals surface area contributed by atoms with Crippen molar-refractivity contribution in [2.45, 2.75) is 37.1 Å². The van der Waals surface area contributed by atoms with Crippen molar-refractivity contribution in [3.63, 3.8) is 0 Å². The molecule has 2 aromatic carbocycles. The van der Waals surface area contributed by atoms with E-state index in [1.165, 1.54) is 24.4 Å². The van der Waals surface area contributed by atoms with Crippen molar-refractivity contribution in [3.8, 4) is 22.8 Å². The summed E-state index contributed by atoms with van der Waals surface area (Å²) in [6.07, 6.45) is 0. The molecule has 1 heterocycles. The first-order chi connectivity index (χ1) is 14.0. The van der Waals surface area contributed by atoms with Gasteiger partial charge in [0.15, 0.2) is 11.0 Å². The molecule has 152 valence electrons. The summed E-state index contributed by atoms with van der Waals surface area (Å²) in [4.78, 5) is 12.0. The van der Waals surface area contributed by atoms with E-state index < -0.39 is 5.25 Å². The average molecular weight is 412 g/mol. The van der Waals surface area contributed by atoms with Gasteiger partial charge in [-0.2, -0.15) is 0 Å². The second-order valence-corrected chi connectivity index (χ2v) is 8.17. The molecule has 0 aliphatic carbocycles. The Bertz CT molecular complexity index is 983. The maximum absolute atomic E-state index is 12.0. The van der Waals surface area contributed by atoms with E-state index in [0.717, 1.165) is 17.0 Å². The second-order valence-electron chi connectivity index (χ2n) is 6.87. The van der Waals surface area contributed by atoms with Crippen LogP contribution in [0.3, 0.4) is 0 Å². The number of aromatic nitrogens is 3. The smallest absolute Gasteiger partial charge is 0.318 e. The summed E-state index contributed by atoms with van der Waals surface area (Å²) in [7, 11) is 3.03. The van der Waals surface area contributed by atoms with Crippen LogP contribution in [-0.4, -0.2) is 40.2 Å². The predicted molar refractivity (Wildman–Crippen MR) is 115 cm³/mol. The molecule has 7 heteroatoms. The monoisotopic (exact) mass is 411 g/mol. The molecule has 1 aromatic heterocycles. The van der Waals surface area contributed by atoms with Gasteiger partial charge in [0.25, 0.3) is 0 Å². The van der Waals surface area contributed by atoms with Crippen LogP contribution in [0.2, 0.25) is 0 Å². The number of carbonyl (C=O) groups excluding carboxylic acids is 1. The molecule has 0 bridgehead atoms. The van der Waals surface area contributed by atoms with Crippen LogP contribution in [0.5, 0.6) is 5.75 Å². The fourth-order valence-electron chi connectivity index (χ4n) is 3.04. The van der Waals surface area contributed by atoms with Crippen molar-refractivity contribution >= 4 is 17.7 Å². The lowest BCUT2D eigenvalue weighted by Gasteiger charge is -2.17. The normalized spacial score (nSPS) is 12.1. The Balaban J connectivity index is 2.16. The number of carbonyl (C=O) groups is 1. The largest absolute Gasteiger partial charge is 0.497 e. The molecule has 0 saturated carbocycles. The van der Waals surface area contributed by atoms with Gasteiger partial charge in [-0.3, -0.25) is 9.36 Å². The quantitative estimate of drug-likeness (QED) is 0.414. The van der Waals surface area contributed by atoms with Crippen molar-refractivity contribution in [1.82, 2.24) is 14.8 Å². The van der Waals surface area contributed by atoms with Gasteiger partial charge in [-0.1, -0.05) is 43.8 Å². The van der Waals surface area contributed by atoms with Crippen molar-refractivity contribution < 1.29 is 14.3 Å². The lowest BCUT2D eigenvalue weighted by atomic mass is 10.0. The molecular weight excluding hydrogens is 386 g/mol. The first-order valence-corrected chi connectivity index (χ1v) is 10.3. The predicted octanol–water partition coefficient (Wildman–Crippen LogP) is 4.72. The third kappa shape index (κ3) is 4.45. The third-order valence-electron chi connectivity index (χ3n) is 4.60. The van der Waals surface area contributed by atoms with Crippen LogP contribution in [-0.2, 0) is 9.53 Å². The number of rotatable bonds is 7. The summed E-state index contributed by atoms with van der Waals surface area (Å²) in [5, 5.41) is 9.10. The number of hydrogen-bond donors (Lipinski definition) is 0. The number of ether oxygens (including phenoxy) is 2. The Kier molecular flexibility index (Phi) is 6.59. The van der Waals surface area contributed by atoms with Gasteiger partial charge in [-0.15, -0.1) is 10.2 Å². The minimum atomic E-state index is -0.405. The van der Waals surface area contributed by atoms with Gasteiger partial charge in [0.2, 0.25) is 0 Å². The lowest BCUT2D eigenvalue weighted by Crippen LogP contribution is -2.16. The summed E-state index contributed by atoms with van der Waals surface area (Å²) >= 11 is 1.33. The molecule has 0 radical (unpaired) electrons. The number of para-hydroxylation sites is 1. The van der Waals surface area contributed by atoms with Crippen LogP contribution < -0.4 is 4.74 Å². The molecule has 6 nitrogen and oxygen atoms in total. The summed E-state index contributed by atoms with van der Waals surface area (Å²) in [6, 6.07) is 15.9. The van der Waals surface area contributed by atoms with E-state index in [9.17, 15) is 4.79 Å². The molecule has 0 saturated heterocycles. The SMILES string of the molecule is COC(=O)[C@@H](C)Sc1nnc(-c2ccc(OC)cc2)n1-c1ccccc1C(C)C. The van der Waals surface area contributed by atoms with Gasteiger partial charge < -0.3 is 9.47 Å². The van der Waals surface area contributed by atoms with E-state index in [2.05, 4.69) is 36.2 Å². The summed E-state index contributed by atoms with van der Waals surface area (Å²) < 4.78 is 12.2. The zero-order chi connectivity index (χ0) is 21.0. The molecule has 1 atom stereocenters. The number of benzene rings is 2. The maximum Gasteiger partial charge on any atom is 0.318 e. The number of methoxy groups -OCH3 is 2. The van der Waals surface area contributed by atoms with Gasteiger partial charge in [-0.25, -0.2) is 0 Å². The molecule has 0 aliphatic heterocycles. The molecule has 3 aromatic rings. The van der Waals surface area contributed by atoms with Gasteiger partial charge in [-0.05, 0) is 48.7 Å². The van der Waals surface area contributed by atoms with E-state index in [-0.39, 0.29) is 5.97 Å². The molecule has 0 fully saturated rings. The van der Waals surface area contributed by atoms with Crippen LogP contribution in [0.4, 0.5) is 0 Å². The highest BCUT2D eigenvalue weighted by Gasteiger charge is 2.23. The molecule has 0 N–H and O–H groups in total. The first kappa shape index (κ1) is 20.9. The standard InChI is InChI=1S/C22H25N3O3S/c1-14(2)18-8-6-7-9-19(18)25-20(16-10-12-17(27-4)13-11-16)23-24-22(25)29-15(3)21(26)28-5/h6-15H,1-5H3/t15-/m1/s1. The number of thioether (sulfide) groups is 1. The van der Waals surface area contributed by atoms with Crippen LogP contribution in [0.15, 0.2) is 53.7 Å². The van der Waals surface area contributed by atoms with E-state index in [1.54, 1.807) is 14.0 Å². The Morgan fingerprint density at radius 1 is 1.00 bits per heavy atom.